The van der Waals surface area contributed by atoms with Gasteiger partial charge in [0.1, 0.15) is 7.85 Å². The molecule has 0 amide bonds. The van der Waals surface area contributed by atoms with Crippen molar-refractivity contribution in [2.24, 2.45) is 0 Å². The molecule has 1 heterocycles. The van der Waals surface area contributed by atoms with E-state index in [2.05, 4.69) is 9.80 Å². The molecule has 0 spiro atoms. The van der Waals surface area contributed by atoms with E-state index in [-0.39, 0.29) is 12.2 Å². The molecular weight excluding hydrogens is 352 g/mol. The van der Waals surface area contributed by atoms with Gasteiger partial charge in [0.05, 0.1) is 0 Å². The van der Waals surface area contributed by atoms with E-state index in [4.69, 9.17) is 12.6 Å². The van der Waals surface area contributed by atoms with Crippen LogP contribution in [0.2, 0.25) is 0 Å². The number of halogens is 3. The van der Waals surface area contributed by atoms with Crippen molar-refractivity contribution < 1.29 is 17.9 Å². The molecule has 2 aromatic carbocycles. The van der Waals surface area contributed by atoms with E-state index in [0.29, 0.717) is 0 Å². The number of hydrogen-bond donors (Lipinski definition) is 0. The summed E-state index contributed by atoms with van der Waals surface area (Å²) in [7, 11) is 5.73. The molecule has 142 valence electrons. The summed E-state index contributed by atoms with van der Waals surface area (Å²) < 4.78 is 44.3. The molecule has 2 aromatic rings. The molecule has 0 aromatic heterocycles. The van der Waals surface area contributed by atoms with Crippen LogP contribution in [0.5, 0.6) is 0 Å². The first-order valence-electron chi connectivity index (χ1n) is 9.02. The fraction of sp³-hybridized carbons (Fsp3) is 0.400. The minimum Gasteiger partial charge on any atom is -0.368 e. The zero-order valence-corrected chi connectivity index (χ0v) is 15.2. The van der Waals surface area contributed by atoms with Gasteiger partial charge < -0.3 is 14.5 Å². The summed E-state index contributed by atoms with van der Waals surface area (Å²) in [5.74, 6) is 0. The van der Waals surface area contributed by atoms with Gasteiger partial charge in [0, 0.05) is 44.2 Å². The van der Waals surface area contributed by atoms with E-state index in [1.54, 1.807) is 19.1 Å². The van der Waals surface area contributed by atoms with Crippen LogP contribution in [-0.2, 0) is 4.74 Å². The van der Waals surface area contributed by atoms with Crippen LogP contribution in [0, 0.1) is 0 Å². The van der Waals surface area contributed by atoms with Crippen LogP contribution in [0.4, 0.5) is 24.5 Å². The third-order valence-electron chi connectivity index (χ3n) is 4.73. The molecule has 3 rings (SSSR count). The summed E-state index contributed by atoms with van der Waals surface area (Å²) >= 11 is 0. The normalized spacial score (nSPS) is 16.4. The lowest BCUT2D eigenvalue weighted by molar-refractivity contribution is -0.222. The first-order valence-corrected chi connectivity index (χ1v) is 9.02. The van der Waals surface area contributed by atoms with Crippen molar-refractivity contribution in [2.45, 2.75) is 19.2 Å². The maximum atomic E-state index is 13.1. The molecular formula is C20H22BF3N2O. The van der Waals surface area contributed by atoms with Crippen molar-refractivity contribution >= 4 is 24.7 Å². The van der Waals surface area contributed by atoms with E-state index in [1.165, 1.54) is 12.1 Å². The Morgan fingerprint density at radius 3 is 1.74 bits per heavy atom. The van der Waals surface area contributed by atoms with Crippen molar-refractivity contribution in [1.82, 2.24) is 0 Å². The lowest BCUT2D eigenvalue weighted by Crippen LogP contribution is -2.46. The molecule has 0 bridgehead atoms. The van der Waals surface area contributed by atoms with E-state index < -0.39 is 12.3 Å². The number of rotatable bonds is 5. The molecule has 1 unspecified atom stereocenters. The highest BCUT2D eigenvalue weighted by Gasteiger charge is 2.41. The minimum atomic E-state index is -4.41. The molecule has 1 aliphatic heterocycles. The highest BCUT2D eigenvalue weighted by atomic mass is 19.4. The van der Waals surface area contributed by atoms with Crippen LogP contribution in [0.3, 0.4) is 0 Å². The van der Waals surface area contributed by atoms with Crippen molar-refractivity contribution in [2.75, 3.05) is 42.6 Å². The molecule has 7 heteroatoms. The Balaban J connectivity index is 1.64. The quantitative estimate of drug-likeness (QED) is 0.746. The van der Waals surface area contributed by atoms with Gasteiger partial charge >= 0.3 is 6.18 Å². The number of anilines is 2. The molecule has 1 fully saturated rings. The zero-order valence-electron chi connectivity index (χ0n) is 15.2. The van der Waals surface area contributed by atoms with Crippen LogP contribution >= 0.6 is 0 Å². The smallest absolute Gasteiger partial charge is 0.368 e. The predicted molar refractivity (Wildman–Crippen MR) is 103 cm³/mol. The van der Waals surface area contributed by atoms with Gasteiger partial charge in [-0.2, -0.15) is 13.2 Å². The molecule has 0 saturated carbocycles. The Morgan fingerprint density at radius 2 is 1.33 bits per heavy atom. The van der Waals surface area contributed by atoms with Gasteiger partial charge in [-0.25, -0.2) is 0 Å². The third kappa shape index (κ3) is 4.77. The van der Waals surface area contributed by atoms with Crippen molar-refractivity contribution in [3.05, 3.63) is 54.1 Å². The van der Waals surface area contributed by atoms with Crippen molar-refractivity contribution in [3.8, 4) is 0 Å². The van der Waals surface area contributed by atoms with Gasteiger partial charge in [-0.05, 0) is 36.8 Å². The Hall–Kier alpha value is -2.15. The lowest BCUT2D eigenvalue weighted by Gasteiger charge is -2.37. The maximum Gasteiger partial charge on any atom is 0.418 e. The summed E-state index contributed by atoms with van der Waals surface area (Å²) in [6.07, 6.45) is -6.29. The summed E-state index contributed by atoms with van der Waals surface area (Å²) in [5.41, 5.74) is 2.92. The van der Waals surface area contributed by atoms with Crippen LogP contribution in [-0.4, -0.2) is 46.8 Å². The lowest BCUT2D eigenvalue weighted by atomic mass is 9.96. The van der Waals surface area contributed by atoms with E-state index in [9.17, 15) is 13.2 Å². The summed E-state index contributed by atoms with van der Waals surface area (Å²) in [5, 5.41) is 0. The molecule has 1 atom stereocenters. The third-order valence-corrected chi connectivity index (χ3v) is 4.73. The van der Waals surface area contributed by atoms with Crippen molar-refractivity contribution in [1.29, 1.82) is 0 Å². The average molecular weight is 374 g/mol. The van der Waals surface area contributed by atoms with E-state index in [0.717, 1.165) is 43.0 Å². The van der Waals surface area contributed by atoms with E-state index >= 15 is 0 Å². The second kappa shape index (κ2) is 8.25. The molecule has 1 saturated heterocycles. The van der Waals surface area contributed by atoms with E-state index in [1.807, 2.05) is 24.3 Å². The predicted octanol–water partition coefficient (Wildman–Crippen LogP) is 3.45. The Morgan fingerprint density at radius 1 is 0.889 bits per heavy atom. The largest absolute Gasteiger partial charge is 0.418 e. The Labute approximate surface area is 159 Å². The van der Waals surface area contributed by atoms with Crippen molar-refractivity contribution in [3.63, 3.8) is 0 Å². The molecule has 0 N–H and O–H groups in total. The highest BCUT2D eigenvalue weighted by Crippen LogP contribution is 2.36. The Bertz CT molecular complexity index is 726. The second-order valence-corrected chi connectivity index (χ2v) is 6.53. The SMILES string of the molecule is [B]c1ccc(N2CCN(c3ccc(C(OCC)C(F)(F)F)cc3)CC2)cc1. The van der Waals surface area contributed by atoms with Gasteiger partial charge in [-0.3, -0.25) is 0 Å². The molecule has 27 heavy (non-hydrogen) atoms. The monoisotopic (exact) mass is 374 g/mol. The topological polar surface area (TPSA) is 15.7 Å². The van der Waals surface area contributed by atoms with Gasteiger partial charge in [0.15, 0.2) is 6.10 Å². The maximum absolute atomic E-state index is 13.1. The fourth-order valence-electron chi connectivity index (χ4n) is 3.31. The van der Waals surface area contributed by atoms with Crippen LogP contribution in [0.1, 0.15) is 18.6 Å². The zero-order chi connectivity index (χ0) is 19.4. The summed E-state index contributed by atoms with van der Waals surface area (Å²) in [6, 6.07) is 14.3. The number of nitrogens with zero attached hydrogens (tertiary/aromatic N) is 2. The fourth-order valence-corrected chi connectivity index (χ4v) is 3.31. The van der Waals surface area contributed by atoms with Gasteiger partial charge in [0.2, 0.25) is 0 Å². The number of hydrogen-bond acceptors (Lipinski definition) is 3. The van der Waals surface area contributed by atoms with Gasteiger partial charge in [-0.15, -0.1) is 0 Å². The molecule has 1 aliphatic rings. The van der Waals surface area contributed by atoms with Gasteiger partial charge in [-0.1, -0.05) is 29.7 Å². The second-order valence-electron chi connectivity index (χ2n) is 6.53. The molecule has 2 radical (unpaired) electrons. The molecule has 3 nitrogen and oxygen atoms in total. The van der Waals surface area contributed by atoms with Gasteiger partial charge in [0.25, 0.3) is 0 Å². The average Bonchev–Trinajstić information content (AvgIpc) is 2.66. The van der Waals surface area contributed by atoms with Crippen LogP contribution < -0.4 is 15.3 Å². The van der Waals surface area contributed by atoms with Crippen LogP contribution in [0.15, 0.2) is 48.5 Å². The number of benzene rings is 2. The first-order chi connectivity index (χ1) is 12.9. The van der Waals surface area contributed by atoms with Crippen LogP contribution in [0.25, 0.3) is 0 Å². The standard InChI is InChI=1S/C20H22BF3N2O/c1-2-27-19(20(22,23)24)15-3-7-17(8-4-15)25-11-13-26(14-12-25)18-9-5-16(21)6-10-18/h3-10,19H,2,11-14H2,1H3. The molecule has 0 aliphatic carbocycles. The Kier molecular flexibility index (Phi) is 6.00. The number of ether oxygens (including phenoxy) is 1. The number of piperazine rings is 1. The summed E-state index contributed by atoms with van der Waals surface area (Å²) in [6.45, 7) is 4.87. The number of alkyl halides is 3. The summed E-state index contributed by atoms with van der Waals surface area (Å²) in [4.78, 5) is 4.46. The first kappa shape index (κ1) is 19.6. The highest BCUT2D eigenvalue weighted by molar-refractivity contribution is 6.32. The minimum absolute atomic E-state index is 0.0129.